The number of anilines is 2. The summed E-state index contributed by atoms with van der Waals surface area (Å²) < 4.78 is 111. The number of aromatic hydroxyl groups is 2. The number of benzene rings is 5. The molecule has 24 heteroatoms. The summed E-state index contributed by atoms with van der Waals surface area (Å²) >= 11 is 0. The van der Waals surface area contributed by atoms with Crippen molar-refractivity contribution in [3.05, 3.63) is 90.0 Å². The van der Waals surface area contributed by atoms with E-state index in [2.05, 4.69) is 68.5 Å². The molecular formula is C45H54N4Na2O15S3. The molecule has 0 bridgehead atoms. The number of hydrogen-bond acceptors (Lipinski definition) is 15. The number of azo groups is 1. The van der Waals surface area contributed by atoms with Gasteiger partial charge in [0.15, 0.2) is 12.4 Å². The van der Waals surface area contributed by atoms with Gasteiger partial charge in [-0.05, 0) is 102 Å². The summed E-state index contributed by atoms with van der Waals surface area (Å²) in [6.07, 6.45) is 1.73. The van der Waals surface area contributed by atoms with E-state index >= 15 is 0 Å². The van der Waals surface area contributed by atoms with Gasteiger partial charge in [-0.2, -0.15) is 30.4 Å². The predicted octanol–water partition coefficient (Wildman–Crippen LogP) is 7.39. The Bertz CT molecular complexity index is 3080. The number of fused-ring (bicyclic) bond motifs is 1. The third-order valence-corrected chi connectivity index (χ3v) is 13.9. The predicted molar refractivity (Wildman–Crippen MR) is 264 cm³/mol. The Morgan fingerprint density at radius 1 is 0.710 bits per heavy atom. The average Bonchev–Trinajstić information content (AvgIpc) is 3.24. The third kappa shape index (κ3) is 15.6. The van der Waals surface area contributed by atoms with Gasteiger partial charge in [-0.3, -0.25) is 18.7 Å². The van der Waals surface area contributed by atoms with Gasteiger partial charge in [0, 0.05) is 23.9 Å². The first-order chi connectivity index (χ1) is 31.1. The molecule has 5 rings (SSSR count). The summed E-state index contributed by atoms with van der Waals surface area (Å²) in [5, 5.41) is 33.6. The molecule has 5 aromatic carbocycles. The van der Waals surface area contributed by atoms with Crippen molar-refractivity contribution >= 4 is 135 Å². The third-order valence-electron chi connectivity index (χ3n) is 11.0. The number of nitrogens with zero attached hydrogens (tertiary/aromatic N) is 2. The van der Waals surface area contributed by atoms with Gasteiger partial charge in [0.25, 0.3) is 26.1 Å². The van der Waals surface area contributed by atoms with Crippen LogP contribution in [0.1, 0.15) is 78.9 Å². The van der Waals surface area contributed by atoms with Crippen LogP contribution in [0.4, 0.5) is 22.7 Å². The fraction of sp³-hybridized carbons (Fsp3) is 0.333. The van der Waals surface area contributed by atoms with Crippen molar-refractivity contribution < 1.29 is 67.8 Å². The molecule has 0 atom stereocenters. The van der Waals surface area contributed by atoms with Gasteiger partial charge in [0.05, 0.1) is 34.3 Å². The average molecular weight is 1030 g/mol. The molecule has 69 heavy (non-hydrogen) atoms. The summed E-state index contributed by atoms with van der Waals surface area (Å²) in [5.41, 5.74) is 0.716. The van der Waals surface area contributed by atoms with Crippen LogP contribution in [0.15, 0.2) is 98.9 Å². The van der Waals surface area contributed by atoms with Crippen LogP contribution in [0.5, 0.6) is 28.7 Å². The van der Waals surface area contributed by atoms with E-state index in [1.807, 2.05) is 12.1 Å². The SMILES string of the molecule is CCC(C)(C)c1ccc(OCC(=O)Nc2cc(OS(=O)(=O)CCCOc3ccc(/N=N/c4c(S(=O)(=O)O)cc5cc(S(=O)(=O)O)cc(NC(C)=O)c5c4O)cc3)ccc2O)c(C(C)(C)CC)c1.[NaH].[NaH]. The molecule has 0 spiro atoms. The first-order valence-corrected chi connectivity index (χ1v) is 25.1. The van der Waals surface area contributed by atoms with Crippen molar-refractivity contribution in [3.63, 3.8) is 0 Å². The number of amides is 2. The standard InChI is InChI=1S/C45H52N4O15S3.2Na.2H/c1-8-44(4,5)29-11-18-38(34(23-29)45(6,7)9-2)63-26-40(52)47-35-24-32(16-17-37(35)51)64-65(54,55)20-10-19-62-31-14-12-30(13-15-31)48-49-42-39(67(59,60)61)22-28-21-33(66(56,57)58)25-36(46-27(3)50)41(28)43(42)53;;;;/h11-18,21-25,51,53H,8-10,19-20,26H2,1-7H3,(H,46,50)(H,47,52)(H,56,57,58)(H,59,60,61);;;;/b49-48+;;;;. The van der Waals surface area contributed by atoms with Crippen LogP contribution in [0, 0.1) is 0 Å². The van der Waals surface area contributed by atoms with E-state index in [4.69, 9.17) is 13.7 Å². The van der Waals surface area contributed by atoms with Crippen LogP contribution >= 0.6 is 0 Å². The number of nitrogens with one attached hydrogen (secondary N) is 2. The molecule has 0 saturated heterocycles. The molecule has 0 radical (unpaired) electrons. The second-order valence-corrected chi connectivity index (χ2v) is 21.2. The van der Waals surface area contributed by atoms with Crippen LogP contribution in [-0.4, -0.2) is 134 Å². The number of carbonyl (C=O) groups excluding carboxylic acids is 2. The van der Waals surface area contributed by atoms with Crippen molar-refractivity contribution in [2.75, 3.05) is 29.6 Å². The summed E-state index contributed by atoms with van der Waals surface area (Å²) in [6.45, 7) is 13.3. The van der Waals surface area contributed by atoms with Crippen LogP contribution in [0.3, 0.4) is 0 Å². The van der Waals surface area contributed by atoms with E-state index in [1.165, 1.54) is 42.5 Å². The maximum absolute atomic E-state index is 13.0. The molecule has 0 aromatic heterocycles. The van der Waals surface area contributed by atoms with Gasteiger partial charge in [-0.15, -0.1) is 5.11 Å². The van der Waals surface area contributed by atoms with Gasteiger partial charge < -0.3 is 34.5 Å². The molecule has 0 aliphatic carbocycles. The molecule has 0 unspecified atom stereocenters. The quantitative estimate of drug-likeness (QED) is 0.0111. The zero-order chi connectivity index (χ0) is 49.7. The van der Waals surface area contributed by atoms with Crippen molar-refractivity contribution in [1.82, 2.24) is 0 Å². The molecular weight excluding hydrogens is 979 g/mol. The van der Waals surface area contributed by atoms with Gasteiger partial charge in [-0.1, -0.05) is 53.7 Å². The van der Waals surface area contributed by atoms with E-state index < -0.39 is 69.1 Å². The van der Waals surface area contributed by atoms with Crippen LogP contribution in [-0.2, 0) is 50.8 Å². The number of hydrogen-bond donors (Lipinski definition) is 6. The Morgan fingerprint density at radius 3 is 1.94 bits per heavy atom. The molecule has 19 nitrogen and oxygen atoms in total. The molecule has 0 fully saturated rings. The number of rotatable bonds is 20. The monoisotopic (exact) mass is 1030 g/mol. The zero-order valence-electron chi connectivity index (χ0n) is 37.6. The van der Waals surface area contributed by atoms with Gasteiger partial charge >= 0.3 is 69.2 Å². The van der Waals surface area contributed by atoms with E-state index in [0.29, 0.717) is 5.75 Å². The molecule has 0 aliphatic rings. The second-order valence-electron chi connectivity index (χ2n) is 16.7. The Hall–Kier alpha value is -4.33. The normalized spacial score (nSPS) is 12.2. The minimum absolute atomic E-state index is 0. The zero-order valence-corrected chi connectivity index (χ0v) is 40.1. The van der Waals surface area contributed by atoms with Crippen LogP contribution < -0.4 is 24.3 Å². The Morgan fingerprint density at radius 2 is 1.35 bits per heavy atom. The number of phenolic OH excluding ortho intramolecular Hbond substituents is 2. The minimum atomic E-state index is -5.13. The second kappa shape index (κ2) is 23.7. The van der Waals surface area contributed by atoms with Crippen molar-refractivity contribution in [3.8, 4) is 28.7 Å². The van der Waals surface area contributed by atoms with Crippen LogP contribution in [0.2, 0.25) is 0 Å². The summed E-state index contributed by atoms with van der Waals surface area (Å²) in [4.78, 5) is 23.2. The maximum atomic E-state index is 13.0. The Labute approximate surface area is 445 Å². The summed E-state index contributed by atoms with van der Waals surface area (Å²) in [6, 6.07) is 17.6. The van der Waals surface area contributed by atoms with Crippen molar-refractivity contribution in [2.45, 2.75) is 88.3 Å². The Kier molecular flexibility index (Phi) is 20.3. The van der Waals surface area contributed by atoms with E-state index in [9.17, 15) is 54.2 Å². The van der Waals surface area contributed by atoms with Crippen LogP contribution in [0.25, 0.3) is 10.8 Å². The number of carbonyl (C=O) groups is 2. The molecule has 364 valence electrons. The van der Waals surface area contributed by atoms with E-state index in [-0.39, 0.29) is 135 Å². The molecule has 5 aromatic rings. The molecule has 0 heterocycles. The number of phenols is 2. The fourth-order valence-electron chi connectivity index (χ4n) is 6.52. The van der Waals surface area contributed by atoms with E-state index in [0.717, 1.165) is 49.1 Å². The van der Waals surface area contributed by atoms with Gasteiger partial charge in [-0.25, -0.2) is 0 Å². The fourth-order valence-corrected chi connectivity index (χ4v) is 8.67. The first kappa shape index (κ1) is 59.0. The van der Waals surface area contributed by atoms with Crippen molar-refractivity contribution in [2.24, 2.45) is 10.2 Å². The Balaban J connectivity index is 0.00000630. The van der Waals surface area contributed by atoms with Gasteiger partial charge in [0.2, 0.25) is 5.91 Å². The molecule has 6 N–H and O–H groups in total. The molecule has 2 amide bonds. The topological polar surface area (TPSA) is 294 Å². The van der Waals surface area contributed by atoms with E-state index in [1.54, 1.807) is 0 Å². The van der Waals surface area contributed by atoms with Gasteiger partial charge in [0.1, 0.15) is 33.6 Å². The summed E-state index contributed by atoms with van der Waals surface area (Å²) in [7, 11) is -14.2. The number of ether oxygens (including phenoxy) is 2. The molecule has 0 aliphatic heterocycles. The molecule has 0 saturated carbocycles. The summed E-state index contributed by atoms with van der Waals surface area (Å²) in [5.74, 6) is -2.37. The first-order valence-electron chi connectivity index (χ1n) is 20.7. The van der Waals surface area contributed by atoms with Crippen molar-refractivity contribution in [1.29, 1.82) is 0 Å².